The quantitative estimate of drug-likeness (QED) is 0.746. The third-order valence-electron chi connectivity index (χ3n) is 3.36. The lowest BCUT2D eigenvalue weighted by molar-refractivity contribution is -0.115. The molecule has 128 valence electrons. The van der Waals surface area contributed by atoms with Gasteiger partial charge in [0.25, 0.3) is 0 Å². The average molecular weight is 344 g/mol. The number of carbonyl (C=O) groups is 1. The highest BCUT2D eigenvalue weighted by molar-refractivity contribution is 5.94. The summed E-state index contributed by atoms with van der Waals surface area (Å²) in [7, 11) is 0. The van der Waals surface area contributed by atoms with E-state index in [-0.39, 0.29) is 18.1 Å². The molecule has 1 N–H and O–H groups in total. The van der Waals surface area contributed by atoms with Gasteiger partial charge >= 0.3 is 6.61 Å². The van der Waals surface area contributed by atoms with Crippen LogP contribution in [-0.2, 0) is 11.2 Å². The Kier molecular flexibility index (Phi) is 4.98. The number of carbonyl (C=O) groups excluding carboxylic acids is 1. The van der Waals surface area contributed by atoms with Crippen LogP contribution >= 0.6 is 0 Å². The number of halogens is 2. The Morgan fingerprint density at radius 2 is 1.92 bits per heavy atom. The molecule has 0 spiro atoms. The van der Waals surface area contributed by atoms with Crippen molar-refractivity contribution in [3.8, 4) is 11.4 Å². The molecule has 3 rings (SSSR count). The molecule has 0 fully saturated rings. The number of nitrogens with zero attached hydrogens (tertiary/aromatic N) is 3. The normalized spacial score (nSPS) is 10.7. The molecule has 1 aromatic heterocycles. The van der Waals surface area contributed by atoms with Gasteiger partial charge < -0.3 is 10.1 Å². The molecule has 0 unspecified atom stereocenters. The number of rotatable bonds is 6. The minimum absolute atomic E-state index is 0.0516. The smallest absolute Gasteiger partial charge is 0.387 e. The number of amides is 1. The Morgan fingerprint density at radius 3 is 2.60 bits per heavy atom. The van der Waals surface area contributed by atoms with Crippen LogP contribution in [0.4, 0.5) is 14.5 Å². The second kappa shape index (κ2) is 7.52. The van der Waals surface area contributed by atoms with E-state index in [1.807, 2.05) is 6.07 Å². The summed E-state index contributed by atoms with van der Waals surface area (Å²) >= 11 is 0. The molecule has 25 heavy (non-hydrogen) atoms. The number of ether oxygens (including phenoxy) is 1. The highest BCUT2D eigenvalue weighted by Crippen LogP contribution is 2.19. The van der Waals surface area contributed by atoms with Crippen LogP contribution in [0.3, 0.4) is 0 Å². The van der Waals surface area contributed by atoms with Crippen LogP contribution in [0.25, 0.3) is 5.69 Å². The number of alkyl halides is 2. The lowest BCUT2D eigenvalue weighted by Crippen LogP contribution is -2.16. The maximum absolute atomic E-state index is 12.3. The number of para-hydroxylation sites is 2. The number of nitrogens with one attached hydrogen (secondary N) is 1. The molecule has 1 amide bonds. The first-order valence-electron chi connectivity index (χ1n) is 7.39. The zero-order valence-corrected chi connectivity index (χ0v) is 13.0. The van der Waals surface area contributed by atoms with Gasteiger partial charge in [-0.3, -0.25) is 4.79 Å². The Bertz CT molecular complexity index is 836. The first kappa shape index (κ1) is 16.6. The molecule has 0 saturated carbocycles. The first-order chi connectivity index (χ1) is 12.1. The number of hydrogen-bond acceptors (Lipinski definition) is 4. The fraction of sp³-hybridized carbons (Fsp3) is 0.118. The zero-order chi connectivity index (χ0) is 17.6. The molecule has 6 nitrogen and oxygen atoms in total. The number of hydrogen-bond donors (Lipinski definition) is 1. The van der Waals surface area contributed by atoms with Crippen LogP contribution in [0.5, 0.6) is 5.75 Å². The summed E-state index contributed by atoms with van der Waals surface area (Å²) in [5, 5.41) is 6.87. The lowest BCUT2D eigenvalue weighted by atomic mass is 10.1. The Labute approximate surface area is 142 Å². The van der Waals surface area contributed by atoms with Gasteiger partial charge in [-0.05, 0) is 29.8 Å². The van der Waals surface area contributed by atoms with E-state index in [0.717, 1.165) is 0 Å². The maximum Gasteiger partial charge on any atom is 0.387 e. The minimum atomic E-state index is -2.87. The Morgan fingerprint density at radius 1 is 1.16 bits per heavy atom. The fourth-order valence-electron chi connectivity index (χ4n) is 2.28. The molecule has 0 atom stereocenters. The van der Waals surface area contributed by atoms with Crippen molar-refractivity contribution in [2.24, 2.45) is 0 Å². The number of anilines is 1. The van der Waals surface area contributed by atoms with Crippen molar-refractivity contribution >= 4 is 11.6 Å². The Balaban J connectivity index is 1.67. The molecule has 8 heteroatoms. The van der Waals surface area contributed by atoms with Gasteiger partial charge in [0, 0.05) is 0 Å². The molecular formula is C17H14F2N4O2. The summed E-state index contributed by atoms with van der Waals surface area (Å²) in [5.41, 5.74) is 1.96. The highest BCUT2D eigenvalue weighted by atomic mass is 19.3. The molecule has 0 aliphatic rings. The third-order valence-corrected chi connectivity index (χ3v) is 3.36. The summed E-state index contributed by atoms with van der Waals surface area (Å²) in [6, 6.07) is 13.1. The monoisotopic (exact) mass is 344 g/mol. The van der Waals surface area contributed by atoms with Crippen molar-refractivity contribution in [2.75, 3.05) is 5.32 Å². The number of aromatic nitrogens is 3. The zero-order valence-electron chi connectivity index (χ0n) is 13.0. The van der Waals surface area contributed by atoms with E-state index in [1.165, 1.54) is 24.8 Å². The Hall–Kier alpha value is -3.29. The van der Waals surface area contributed by atoms with E-state index in [9.17, 15) is 13.6 Å². The standard InChI is InChI=1S/C17H14F2N4O2/c18-17(19)25-13-7-5-12(6-8-13)9-16(24)22-14-3-1-2-4-15(14)23-11-20-10-21-23/h1-8,10-11,17H,9H2,(H,22,24). The topological polar surface area (TPSA) is 69.0 Å². The van der Waals surface area contributed by atoms with Crippen molar-refractivity contribution in [2.45, 2.75) is 13.0 Å². The largest absolute Gasteiger partial charge is 0.435 e. The molecule has 0 aliphatic carbocycles. The lowest BCUT2D eigenvalue weighted by Gasteiger charge is -2.11. The molecule has 3 aromatic rings. The van der Waals surface area contributed by atoms with Crippen LogP contribution in [0.1, 0.15) is 5.56 Å². The van der Waals surface area contributed by atoms with E-state index in [4.69, 9.17) is 0 Å². The molecule has 0 radical (unpaired) electrons. The van der Waals surface area contributed by atoms with Crippen molar-refractivity contribution in [3.05, 3.63) is 66.7 Å². The summed E-state index contributed by atoms with van der Waals surface area (Å²) in [4.78, 5) is 16.1. The molecule has 0 saturated heterocycles. The van der Waals surface area contributed by atoms with Crippen LogP contribution in [-0.4, -0.2) is 27.3 Å². The van der Waals surface area contributed by atoms with Crippen molar-refractivity contribution in [3.63, 3.8) is 0 Å². The first-order valence-corrected chi connectivity index (χ1v) is 7.39. The maximum atomic E-state index is 12.3. The molecular weight excluding hydrogens is 330 g/mol. The predicted molar refractivity (Wildman–Crippen MR) is 86.8 cm³/mol. The van der Waals surface area contributed by atoms with Gasteiger partial charge in [-0.1, -0.05) is 24.3 Å². The molecule has 1 heterocycles. The van der Waals surface area contributed by atoms with Crippen LogP contribution in [0, 0.1) is 0 Å². The van der Waals surface area contributed by atoms with E-state index in [2.05, 4.69) is 20.1 Å². The van der Waals surface area contributed by atoms with E-state index >= 15 is 0 Å². The molecule has 0 bridgehead atoms. The molecule has 2 aromatic carbocycles. The fourth-order valence-corrected chi connectivity index (χ4v) is 2.28. The van der Waals surface area contributed by atoms with Crippen molar-refractivity contribution in [1.29, 1.82) is 0 Å². The van der Waals surface area contributed by atoms with E-state index in [1.54, 1.807) is 35.0 Å². The third kappa shape index (κ3) is 4.37. The van der Waals surface area contributed by atoms with Crippen LogP contribution in [0.2, 0.25) is 0 Å². The van der Waals surface area contributed by atoms with Crippen molar-refractivity contribution in [1.82, 2.24) is 14.8 Å². The predicted octanol–water partition coefficient (Wildman–Crippen LogP) is 3.05. The summed E-state index contributed by atoms with van der Waals surface area (Å²) in [6.07, 6.45) is 3.04. The highest BCUT2D eigenvalue weighted by Gasteiger charge is 2.10. The van der Waals surface area contributed by atoms with Gasteiger partial charge in [0.15, 0.2) is 0 Å². The SMILES string of the molecule is O=C(Cc1ccc(OC(F)F)cc1)Nc1ccccc1-n1cncn1. The second-order valence-corrected chi connectivity index (χ2v) is 5.10. The summed E-state index contributed by atoms with van der Waals surface area (Å²) in [5.74, 6) is -0.189. The van der Waals surface area contributed by atoms with Gasteiger partial charge in [-0.2, -0.15) is 13.9 Å². The van der Waals surface area contributed by atoms with Crippen LogP contribution in [0.15, 0.2) is 61.2 Å². The summed E-state index contributed by atoms with van der Waals surface area (Å²) in [6.45, 7) is -2.87. The molecule has 0 aliphatic heterocycles. The second-order valence-electron chi connectivity index (χ2n) is 5.10. The van der Waals surface area contributed by atoms with Gasteiger partial charge in [-0.25, -0.2) is 9.67 Å². The van der Waals surface area contributed by atoms with Crippen molar-refractivity contribution < 1.29 is 18.3 Å². The summed E-state index contributed by atoms with van der Waals surface area (Å²) < 4.78 is 30.1. The van der Waals surface area contributed by atoms with E-state index in [0.29, 0.717) is 16.9 Å². The van der Waals surface area contributed by atoms with Gasteiger partial charge in [-0.15, -0.1) is 0 Å². The van der Waals surface area contributed by atoms with Gasteiger partial charge in [0.05, 0.1) is 17.8 Å². The van der Waals surface area contributed by atoms with Gasteiger partial charge in [0.1, 0.15) is 18.4 Å². The van der Waals surface area contributed by atoms with E-state index < -0.39 is 6.61 Å². The minimum Gasteiger partial charge on any atom is -0.435 e. The number of benzene rings is 2. The van der Waals surface area contributed by atoms with Crippen LogP contribution < -0.4 is 10.1 Å². The van der Waals surface area contributed by atoms with Gasteiger partial charge in [0.2, 0.25) is 5.91 Å². The average Bonchev–Trinajstić information content (AvgIpc) is 3.11.